The van der Waals surface area contributed by atoms with E-state index >= 15 is 0 Å². The zero-order chi connectivity index (χ0) is 19.1. The predicted octanol–water partition coefficient (Wildman–Crippen LogP) is 2.59. The van der Waals surface area contributed by atoms with E-state index in [1.165, 1.54) is 0 Å². The van der Waals surface area contributed by atoms with Gasteiger partial charge in [0, 0.05) is 22.1 Å². The van der Waals surface area contributed by atoms with Gasteiger partial charge in [0.2, 0.25) is 11.8 Å². The number of hydrogen-bond donors (Lipinski definition) is 2. The third kappa shape index (κ3) is 2.31. The molecule has 0 fully saturated rings. The normalized spacial score (nSPS) is 21.2. The lowest BCUT2D eigenvalue weighted by Gasteiger charge is -2.34. The average Bonchev–Trinajstić information content (AvgIpc) is 2.87. The Morgan fingerprint density at radius 1 is 1.46 bits per heavy atom. The summed E-state index contributed by atoms with van der Waals surface area (Å²) in [5, 5.41) is 12.5. The average molecular weight is 418 g/mol. The van der Waals surface area contributed by atoms with Crippen LogP contribution in [0, 0.1) is 11.3 Å². The molecule has 26 heavy (non-hydrogen) atoms. The molecule has 1 amide bonds. The minimum atomic E-state index is -1.70. The molecular formula is C18H16BrN3O4. The van der Waals surface area contributed by atoms with Gasteiger partial charge in [-0.15, -0.1) is 0 Å². The maximum Gasteiger partial charge on any atom is 0.339 e. The van der Waals surface area contributed by atoms with Gasteiger partial charge in [-0.1, -0.05) is 22.9 Å². The topological polar surface area (TPSA) is 114 Å². The highest BCUT2D eigenvalue weighted by Crippen LogP contribution is 2.52. The van der Waals surface area contributed by atoms with Crippen molar-refractivity contribution in [3.05, 3.63) is 51.0 Å². The fourth-order valence-electron chi connectivity index (χ4n) is 3.38. The van der Waals surface area contributed by atoms with E-state index in [1.54, 1.807) is 32.0 Å². The highest BCUT2D eigenvalue weighted by Gasteiger charge is 2.60. The third-order valence-electron chi connectivity index (χ3n) is 4.40. The maximum atomic E-state index is 13.2. The molecule has 1 unspecified atom stereocenters. The van der Waals surface area contributed by atoms with Crippen LogP contribution < -0.4 is 11.1 Å². The van der Waals surface area contributed by atoms with Gasteiger partial charge in [0.15, 0.2) is 5.41 Å². The minimum Gasteiger partial charge on any atom is -0.462 e. The monoisotopic (exact) mass is 417 g/mol. The Morgan fingerprint density at radius 2 is 2.19 bits per heavy atom. The Hall–Kier alpha value is -2.79. The molecule has 1 aromatic carbocycles. The molecule has 2 heterocycles. The summed E-state index contributed by atoms with van der Waals surface area (Å²) in [5.74, 6) is -1.24. The van der Waals surface area contributed by atoms with Crippen molar-refractivity contribution in [1.82, 2.24) is 0 Å². The van der Waals surface area contributed by atoms with Crippen molar-refractivity contribution >= 4 is 33.5 Å². The van der Waals surface area contributed by atoms with E-state index in [0.717, 1.165) is 0 Å². The molecule has 0 bridgehead atoms. The molecule has 2 aliphatic heterocycles. The van der Waals surface area contributed by atoms with Crippen molar-refractivity contribution in [1.29, 1.82) is 5.26 Å². The van der Waals surface area contributed by atoms with Gasteiger partial charge in [-0.2, -0.15) is 5.26 Å². The lowest BCUT2D eigenvalue weighted by atomic mass is 9.68. The lowest BCUT2D eigenvalue weighted by Crippen LogP contribution is -2.46. The summed E-state index contributed by atoms with van der Waals surface area (Å²) >= 11 is 3.38. The van der Waals surface area contributed by atoms with Crippen molar-refractivity contribution in [3.63, 3.8) is 0 Å². The number of amides is 1. The Kier molecular flexibility index (Phi) is 4.50. The summed E-state index contributed by atoms with van der Waals surface area (Å²) < 4.78 is 11.4. The van der Waals surface area contributed by atoms with Crippen molar-refractivity contribution in [3.8, 4) is 6.07 Å². The molecule has 2 aliphatic rings. The van der Waals surface area contributed by atoms with Crippen LogP contribution in [0.3, 0.4) is 0 Å². The van der Waals surface area contributed by atoms with Crippen molar-refractivity contribution in [2.24, 2.45) is 5.73 Å². The largest absolute Gasteiger partial charge is 0.462 e. The molecular weight excluding hydrogens is 402 g/mol. The van der Waals surface area contributed by atoms with E-state index in [-0.39, 0.29) is 29.4 Å². The number of hydrogen-bond acceptors (Lipinski definition) is 6. The maximum absolute atomic E-state index is 13.2. The number of nitrogens with one attached hydrogen (secondary N) is 1. The van der Waals surface area contributed by atoms with Crippen molar-refractivity contribution < 1.29 is 19.1 Å². The molecule has 0 saturated carbocycles. The van der Waals surface area contributed by atoms with Gasteiger partial charge in [0.25, 0.3) is 0 Å². The van der Waals surface area contributed by atoms with Crippen LogP contribution in [0.4, 0.5) is 5.69 Å². The Morgan fingerprint density at radius 3 is 2.81 bits per heavy atom. The first-order valence-corrected chi connectivity index (χ1v) is 8.81. The number of rotatable bonds is 3. The van der Waals surface area contributed by atoms with Gasteiger partial charge in [-0.05, 0) is 25.1 Å². The molecule has 0 saturated heterocycles. The Bertz CT molecular complexity index is 929. The first-order chi connectivity index (χ1) is 12.4. The number of fused-ring (bicyclic) bond motifs is 2. The molecule has 0 radical (unpaired) electrons. The summed E-state index contributed by atoms with van der Waals surface area (Å²) in [6.07, 6.45) is 0.298. The van der Waals surface area contributed by atoms with Gasteiger partial charge >= 0.3 is 5.97 Å². The molecule has 3 N–H and O–H groups in total. The molecule has 1 aromatic rings. The van der Waals surface area contributed by atoms with E-state index < -0.39 is 17.3 Å². The molecule has 7 nitrogen and oxygen atoms in total. The minimum absolute atomic E-state index is 0.0121. The first kappa shape index (κ1) is 18.0. The molecule has 3 rings (SSSR count). The number of benzene rings is 1. The quantitative estimate of drug-likeness (QED) is 0.730. The van der Waals surface area contributed by atoms with Crippen molar-refractivity contribution in [2.45, 2.75) is 25.7 Å². The standard InChI is InChI=1S/C18H16BrN3O4/c1-3-13-14(16(23)25-4-2)18(11(8-20)15(21)26-13)10-7-9(19)5-6-12(10)22-17(18)24/h5-7H,3-4,21H2,1-2H3,(H,22,24). The van der Waals surface area contributed by atoms with Crippen LogP contribution >= 0.6 is 15.9 Å². The van der Waals surface area contributed by atoms with Crippen LogP contribution in [0.2, 0.25) is 0 Å². The number of ether oxygens (including phenoxy) is 2. The zero-order valence-electron chi connectivity index (χ0n) is 14.2. The van der Waals surface area contributed by atoms with E-state index in [0.29, 0.717) is 22.1 Å². The van der Waals surface area contributed by atoms with Crippen LogP contribution in [-0.2, 0) is 24.5 Å². The SMILES string of the molecule is CCOC(=O)C1=C(CC)OC(N)=C(C#N)C12C(=O)Nc1ccc(Br)cc12. The second-order valence-corrected chi connectivity index (χ2v) is 6.64. The number of nitrogens with zero attached hydrogens (tertiary/aromatic N) is 1. The fraction of sp³-hybridized carbons (Fsp3) is 0.278. The number of allylic oxidation sites excluding steroid dienone is 1. The highest BCUT2D eigenvalue weighted by atomic mass is 79.9. The van der Waals surface area contributed by atoms with Gasteiger partial charge in [-0.3, -0.25) is 4.79 Å². The fourth-order valence-corrected chi connectivity index (χ4v) is 3.74. The summed E-state index contributed by atoms with van der Waals surface area (Å²) in [5.41, 5.74) is 5.07. The molecule has 1 atom stereocenters. The summed E-state index contributed by atoms with van der Waals surface area (Å²) in [4.78, 5) is 26.0. The number of esters is 1. The number of nitriles is 1. The smallest absolute Gasteiger partial charge is 0.339 e. The van der Waals surface area contributed by atoms with Crippen LogP contribution in [0.1, 0.15) is 25.8 Å². The Labute approximate surface area is 158 Å². The number of halogens is 1. The van der Waals surface area contributed by atoms with E-state index in [4.69, 9.17) is 15.2 Å². The van der Waals surface area contributed by atoms with Crippen LogP contribution in [0.5, 0.6) is 0 Å². The van der Waals surface area contributed by atoms with E-state index in [9.17, 15) is 14.9 Å². The van der Waals surface area contributed by atoms with Crippen LogP contribution in [-0.4, -0.2) is 18.5 Å². The highest BCUT2D eigenvalue weighted by molar-refractivity contribution is 9.10. The number of carbonyl (C=O) groups excluding carboxylic acids is 2. The second-order valence-electron chi connectivity index (χ2n) is 5.72. The van der Waals surface area contributed by atoms with E-state index in [2.05, 4.69) is 21.2 Å². The lowest BCUT2D eigenvalue weighted by molar-refractivity contribution is -0.140. The summed E-state index contributed by atoms with van der Waals surface area (Å²) in [6, 6.07) is 7.10. The second kappa shape index (κ2) is 6.50. The zero-order valence-corrected chi connectivity index (χ0v) is 15.8. The van der Waals surface area contributed by atoms with Gasteiger partial charge in [0.1, 0.15) is 23.0 Å². The predicted molar refractivity (Wildman–Crippen MR) is 96.3 cm³/mol. The summed E-state index contributed by atoms with van der Waals surface area (Å²) in [7, 11) is 0. The number of nitrogens with two attached hydrogens (primary N) is 1. The van der Waals surface area contributed by atoms with Crippen LogP contribution in [0.15, 0.2) is 45.5 Å². The van der Waals surface area contributed by atoms with Gasteiger partial charge < -0.3 is 20.5 Å². The number of carbonyl (C=O) groups is 2. The van der Waals surface area contributed by atoms with Crippen LogP contribution in [0.25, 0.3) is 0 Å². The third-order valence-corrected chi connectivity index (χ3v) is 4.89. The van der Waals surface area contributed by atoms with E-state index in [1.807, 2.05) is 6.07 Å². The van der Waals surface area contributed by atoms with Gasteiger partial charge in [0.05, 0.1) is 6.61 Å². The molecule has 0 aliphatic carbocycles. The summed E-state index contributed by atoms with van der Waals surface area (Å²) in [6.45, 7) is 3.54. The van der Waals surface area contributed by atoms with Crippen molar-refractivity contribution in [2.75, 3.05) is 11.9 Å². The number of anilines is 1. The molecule has 0 aromatic heterocycles. The molecule has 1 spiro atoms. The van der Waals surface area contributed by atoms with Gasteiger partial charge in [-0.25, -0.2) is 4.79 Å². The first-order valence-electron chi connectivity index (χ1n) is 8.02. The molecule has 8 heteroatoms. The molecule has 134 valence electrons. The Balaban J connectivity index is 2.43.